The van der Waals surface area contributed by atoms with Gasteiger partial charge in [0.1, 0.15) is 12.4 Å². The molecule has 2 amide bonds. The summed E-state index contributed by atoms with van der Waals surface area (Å²) in [4.78, 5) is 18.4. The molecule has 1 atom stereocenters. The lowest BCUT2D eigenvalue weighted by Gasteiger charge is -2.38. The summed E-state index contributed by atoms with van der Waals surface area (Å²) in [6.07, 6.45) is 2.74. The Kier molecular flexibility index (Phi) is 5.95. The summed E-state index contributed by atoms with van der Waals surface area (Å²) in [5.41, 5.74) is 5.69. The lowest BCUT2D eigenvalue weighted by atomic mass is 10.1. The zero-order valence-electron chi connectivity index (χ0n) is 19.2. The van der Waals surface area contributed by atoms with Gasteiger partial charge in [0, 0.05) is 29.1 Å². The number of hydrogen-bond acceptors (Lipinski definition) is 3. The second kappa shape index (κ2) is 9.35. The molecule has 0 saturated heterocycles. The van der Waals surface area contributed by atoms with E-state index >= 15 is 0 Å². The fraction of sp³-hybridized carbons (Fsp3) is 0.179. The van der Waals surface area contributed by atoms with Crippen LogP contribution in [-0.2, 0) is 6.54 Å². The van der Waals surface area contributed by atoms with Crippen LogP contribution in [0.1, 0.15) is 17.7 Å². The van der Waals surface area contributed by atoms with Crippen LogP contribution >= 0.6 is 0 Å². The third-order valence-electron chi connectivity index (χ3n) is 6.05. The number of fused-ring (bicyclic) bond motifs is 2. The Morgan fingerprint density at radius 2 is 1.85 bits per heavy atom. The van der Waals surface area contributed by atoms with Crippen molar-refractivity contribution in [3.8, 4) is 5.75 Å². The van der Waals surface area contributed by atoms with E-state index in [0.29, 0.717) is 12.3 Å². The average Bonchev–Trinajstić information content (AvgIpc) is 3.20. The quantitative estimate of drug-likeness (QED) is 0.294. The van der Waals surface area contributed by atoms with Crippen LogP contribution in [0.25, 0.3) is 10.9 Å². The molecule has 1 aliphatic heterocycles. The Morgan fingerprint density at radius 1 is 1.09 bits per heavy atom. The number of anilines is 3. The summed E-state index contributed by atoms with van der Waals surface area (Å²) < 4.78 is 6.03. The predicted molar refractivity (Wildman–Crippen MR) is 139 cm³/mol. The van der Waals surface area contributed by atoms with Crippen LogP contribution in [0.15, 0.2) is 85.5 Å². The highest BCUT2D eigenvalue weighted by Gasteiger charge is 2.27. The van der Waals surface area contributed by atoms with Crippen LogP contribution in [0, 0.1) is 6.92 Å². The van der Waals surface area contributed by atoms with E-state index in [1.807, 2.05) is 67.6 Å². The summed E-state index contributed by atoms with van der Waals surface area (Å²) >= 11 is 0. The molecular weight excluding hydrogens is 424 g/mol. The highest BCUT2D eigenvalue weighted by molar-refractivity contribution is 6.01. The van der Waals surface area contributed by atoms with E-state index in [-0.39, 0.29) is 12.1 Å². The maximum atomic E-state index is 12.7. The molecule has 0 bridgehead atoms. The van der Waals surface area contributed by atoms with Crippen LogP contribution in [0.3, 0.4) is 0 Å². The zero-order chi connectivity index (χ0) is 23.5. The van der Waals surface area contributed by atoms with Crippen LogP contribution in [0.2, 0.25) is 0 Å². The van der Waals surface area contributed by atoms with Gasteiger partial charge in [0.25, 0.3) is 0 Å². The van der Waals surface area contributed by atoms with Crippen LogP contribution in [0.5, 0.6) is 5.75 Å². The Balaban J connectivity index is 1.35. The van der Waals surface area contributed by atoms with Gasteiger partial charge >= 0.3 is 6.03 Å². The topological polar surface area (TPSA) is 69.4 Å². The van der Waals surface area contributed by atoms with E-state index in [9.17, 15) is 4.79 Å². The Hall–Kier alpha value is -4.19. The molecule has 3 N–H and O–H groups in total. The minimum absolute atomic E-state index is 0.172. The molecule has 0 spiro atoms. The van der Waals surface area contributed by atoms with Gasteiger partial charge in [-0.25, -0.2) is 4.79 Å². The molecule has 6 nitrogen and oxygen atoms in total. The molecule has 0 aliphatic carbocycles. The van der Waals surface area contributed by atoms with E-state index in [1.165, 1.54) is 5.56 Å². The average molecular weight is 453 g/mol. The first-order valence-electron chi connectivity index (χ1n) is 11.4. The first kappa shape index (κ1) is 21.6. The second-order valence-electron chi connectivity index (χ2n) is 8.62. The van der Waals surface area contributed by atoms with Gasteiger partial charge in [0.2, 0.25) is 0 Å². The molecule has 5 rings (SSSR count). The third-order valence-corrected chi connectivity index (χ3v) is 6.05. The van der Waals surface area contributed by atoms with E-state index in [2.05, 4.69) is 45.3 Å². The lowest BCUT2D eigenvalue weighted by Crippen LogP contribution is -2.42. The molecule has 4 aromatic rings. The maximum Gasteiger partial charge on any atom is 0.323 e. The molecule has 1 aromatic heterocycles. The van der Waals surface area contributed by atoms with Crippen molar-refractivity contribution in [1.82, 2.24) is 4.98 Å². The molecule has 1 unspecified atom stereocenters. The number of ether oxygens (including phenoxy) is 1. The minimum atomic E-state index is -0.295. The summed E-state index contributed by atoms with van der Waals surface area (Å²) in [6.45, 7) is 7.28. The van der Waals surface area contributed by atoms with Gasteiger partial charge in [-0.3, -0.25) is 0 Å². The number of rotatable bonds is 6. The van der Waals surface area contributed by atoms with Crippen LogP contribution < -0.4 is 20.3 Å². The predicted octanol–water partition coefficient (Wildman–Crippen LogP) is 6.46. The molecule has 172 valence electrons. The lowest BCUT2D eigenvalue weighted by molar-refractivity contribution is 0.260. The number of hydrogen-bond donors (Lipinski definition) is 3. The largest absolute Gasteiger partial charge is 0.489 e. The van der Waals surface area contributed by atoms with Gasteiger partial charge in [0.05, 0.1) is 11.7 Å². The van der Waals surface area contributed by atoms with Crippen molar-refractivity contribution in [3.05, 3.63) is 96.7 Å². The van der Waals surface area contributed by atoms with E-state index in [1.54, 1.807) is 0 Å². The van der Waals surface area contributed by atoms with Gasteiger partial charge in [-0.05, 0) is 60.7 Å². The van der Waals surface area contributed by atoms with Crippen molar-refractivity contribution in [1.29, 1.82) is 0 Å². The number of carbonyl (C=O) groups is 1. The molecule has 2 heterocycles. The van der Waals surface area contributed by atoms with E-state index in [4.69, 9.17) is 4.74 Å². The van der Waals surface area contributed by atoms with Crippen LogP contribution in [-0.4, -0.2) is 23.7 Å². The third kappa shape index (κ3) is 4.62. The number of amides is 2. The number of aromatic amines is 1. The number of aromatic nitrogens is 1. The van der Waals surface area contributed by atoms with Crippen molar-refractivity contribution < 1.29 is 9.53 Å². The second-order valence-corrected chi connectivity index (χ2v) is 8.62. The van der Waals surface area contributed by atoms with Gasteiger partial charge in [-0.2, -0.15) is 0 Å². The normalized spacial score (nSPS) is 14.9. The Morgan fingerprint density at radius 3 is 2.65 bits per heavy atom. The summed E-state index contributed by atoms with van der Waals surface area (Å²) in [5.74, 6) is 0.815. The molecule has 0 radical (unpaired) electrons. The van der Waals surface area contributed by atoms with Gasteiger partial charge in [0.15, 0.2) is 0 Å². The monoisotopic (exact) mass is 452 g/mol. The number of carbonyl (C=O) groups excluding carboxylic acids is 1. The zero-order valence-corrected chi connectivity index (χ0v) is 19.2. The van der Waals surface area contributed by atoms with Crippen molar-refractivity contribution in [2.45, 2.75) is 25.9 Å². The van der Waals surface area contributed by atoms with Crippen molar-refractivity contribution >= 4 is 34.0 Å². The molecule has 1 aliphatic rings. The smallest absolute Gasteiger partial charge is 0.323 e. The Labute approximate surface area is 199 Å². The molecule has 6 heteroatoms. The summed E-state index contributed by atoms with van der Waals surface area (Å²) in [5, 5.41) is 7.00. The van der Waals surface area contributed by atoms with Crippen molar-refractivity contribution in [3.63, 3.8) is 0 Å². The number of benzene rings is 3. The fourth-order valence-electron chi connectivity index (χ4n) is 4.44. The fourth-order valence-corrected chi connectivity index (χ4v) is 4.44. The maximum absolute atomic E-state index is 12.7. The number of urea groups is 1. The van der Waals surface area contributed by atoms with Gasteiger partial charge < -0.3 is 25.3 Å². The van der Waals surface area contributed by atoms with Crippen molar-refractivity contribution in [2.24, 2.45) is 0 Å². The summed E-state index contributed by atoms with van der Waals surface area (Å²) in [6, 6.07) is 23.9. The van der Waals surface area contributed by atoms with E-state index in [0.717, 1.165) is 46.7 Å². The number of H-pyrrole nitrogens is 1. The molecule has 0 saturated carbocycles. The first-order valence-corrected chi connectivity index (χ1v) is 11.4. The highest BCUT2D eigenvalue weighted by atomic mass is 16.5. The van der Waals surface area contributed by atoms with Gasteiger partial charge in [-0.1, -0.05) is 42.5 Å². The standard InChI is InChI=1S/C28H28N4O2/c1-3-7-24-18-34-27-13-12-23(16-26(27)32(24)17-20-8-5-4-6-9-20)31-28(33)30-22-11-10-21-14-19(2)29-25(21)15-22/h3-6,8-16,24,29H,1,7,17-18H2,2H3,(H2,30,31,33). The molecule has 34 heavy (non-hydrogen) atoms. The molecule has 0 fully saturated rings. The van der Waals surface area contributed by atoms with Crippen LogP contribution in [0.4, 0.5) is 21.9 Å². The highest BCUT2D eigenvalue weighted by Crippen LogP contribution is 2.38. The SMILES string of the molecule is C=CCC1COc2ccc(NC(=O)Nc3ccc4cc(C)[nH]c4c3)cc2N1Cc1ccccc1. The van der Waals surface area contributed by atoms with E-state index < -0.39 is 0 Å². The first-order chi connectivity index (χ1) is 16.6. The van der Waals surface area contributed by atoms with Gasteiger partial charge in [-0.15, -0.1) is 6.58 Å². The molecule has 3 aromatic carbocycles. The Bertz CT molecular complexity index is 1330. The van der Waals surface area contributed by atoms with Crippen molar-refractivity contribution in [2.75, 3.05) is 22.1 Å². The molecular formula is C28H28N4O2. The minimum Gasteiger partial charge on any atom is -0.489 e. The summed E-state index contributed by atoms with van der Waals surface area (Å²) in [7, 11) is 0. The number of nitrogens with one attached hydrogen (secondary N) is 3. The number of aryl methyl sites for hydroxylation is 1. The number of nitrogens with zero attached hydrogens (tertiary/aromatic N) is 1.